The fourth-order valence-electron chi connectivity index (χ4n) is 0.837. The lowest BCUT2D eigenvalue weighted by molar-refractivity contribution is 0.815. The first kappa shape index (κ1) is 6.78. The van der Waals surface area contributed by atoms with Gasteiger partial charge in [0.1, 0.15) is 0 Å². The molecule has 0 aromatic carbocycles. The van der Waals surface area contributed by atoms with Gasteiger partial charge in [0.25, 0.3) is 0 Å². The van der Waals surface area contributed by atoms with Crippen molar-refractivity contribution < 1.29 is 0 Å². The average molecular weight is 141 g/mol. The van der Waals surface area contributed by atoms with E-state index >= 15 is 0 Å². The number of hydrogen-bond acceptors (Lipinski definition) is 2. The van der Waals surface area contributed by atoms with Crippen LogP contribution in [0.5, 0.6) is 0 Å². The van der Waals surface area contributed by atoms with Crippen LogP contribution in [-0.4, -0.2) is 0 Å². The van der Waals surface area contributed by atoms with Crippen LogP contribution in [0.25, 0.3) is 0 Å². The van der Waals surface area contributed by atoms with E-state index in [-0.39, 0.29) is 6.04 Å². The first-order valence-corrected chi connectivity index (χ1v) is 3.94. The molecule has 50 valence electrons. The van der Waals surface area contributed by atoms with Crippen molar-refractivity contribution in [2.45, 2.75) is 19.9 Å². The molecule has 1 aromatic heterocycles. The molecule has 1 heterocycles. The Kier molecular flexibility index (Phi) is 1.88. The van der Waals surface area contributed by atoms with E-state index in [0.29, 0.717) is 0 Å². The van der Waals surface area contributed by atoms with Crippen molar-refractivity contribution in [1.82, 2.24) is 0 Å². The Bertz CT molecular complexity index is 191. The molecular weight excluding hydrogens is 130 g/mol. The molecule has 0 radical (unpaired) electrons. The van der Waals surface area contributed by atoms with Gasteiger partial charge in [0.05, 0.1) is 0 Å². The van der Waals surface area contributed by atoms with Crippen LogP contribution in [0.15, 0.2) is 10.8 Å². The van der Waals surface area contributed by atoms with Gasteiger partial charge in [0.15, 0.2) is 0 Å². The van der Waals surface area contributed by atoms with Crippen molar-refractivity contribution in [1.29, 1.82) is 0 Å². The van der Waals surface area contributed by atoms with E-state index in [9.17, 15) is 0 Å². The molecule has 0 aliphatic carbocycles. The quantitative estimate of drug-likeness (QED) is 0.636. The zero-order valence-corrected chi connectivity index (χ0v) is 6.53. The lowest BCUT2D eigenvalue weighted by atomic mass is 10.1. The summed E-state index contributed by atoms with van der Waals surface area (Å²) < 4.78 is 0. The standard InChI is InChI=1S/C7H11NS/c1-5-3-9-4-7(5)6(2)8/h3-4,6H,8H2,1-2H3. The average Bonchev–Trinajstić information content (AvgIpc) is 2.13. The van der Waals surface area contributed by atoms with E-state index in [1.54, 1.807) is 11.3 Å². The number of thiophene rings is 1. The van der Waals surface area contributed by atoms with Crippen molar-refractivity contribution in [3.8, 4) is 0 Å². The summed E-state index contributed by atoms with van der Waals surface area (Å²) in [6, 6.07) is 0.191. The van der Waals surface area contributed by atoms with E-state index in [1.807, 2.05) is 6.92 Å². The van der Waals surface area contributed by atoms with E-state index in [2.05, 4.69) is 17.7 Å². The Labute approximate surface area is 59.5 Å². The zero-order valence-electron chi connectivity index (χ0n) is 5.72. The van der Waals surface area contributed by atoms with Crippen LogP contribution in [0.3, 0.4) is 0 Å². The number of rotatable bonds is 1. The van der Waals surface area contributed by atoms with Crippen LogP contribution in [0.2, 0.25) is 0 Å². The maximum atomic E-state index is 5.67. The topological polar surface area (TPSA) is 26.0 Å². The molecule has 2 N–H and O–H groups in total. The van der Waals surface area contributed by atoms with Crippen LogP contribution in [0, 0.1) is 6.92 Å². The minimum atomic E-state index is 0.191. The normalized spacial score (nSPS) is 13.7. The highest BCUT2D eigenvalue weighted by molar-refractivity contribution is 7.08. The van der Waals surface area contributed by atoms with Crippen molar-refractivity contribution in [3.63, 3.8) is 0 Å². The van der Waals surface area contributed by atoms with Gasteiger partial charge in [-0.05, 0) is 35.7 Å². The predicted molar refractivity (Wildman–Crippen MR) is 41.7 cm³/mol. The van der Waals surface area contributed by atoms with Gasteiger partial charge in [-0.15, -0.1) is 0 Å². The summed E-state index contributed by atoms with van der Waals surface area (Å²) in [7, 11) is 0. The van der Waals surface area contributed by atoms with E-state index in [1.165, 1.54) is 11.1 Å². The third kappa shape index (κ3) is 1.32. The Balaban J connectivity index is 2.94. The van der Waals surface area contributed by atoms with Crippen LogP contribution < -0.4 is 5.73 Å². The highest BCUT2D eigenvalue weighted by Crippen LogP contribution is 2.18. The molecule has 1 atom stereocenters. The molecule has 9 heavy (non-hydrogen) atoms. The van der Waals surface area contributed by atoms with Gasteiger partial charge in [-0.3, -0.25) is 0 Å². The summed E-state index contributed by atoms with van der Waals surface area (Å²) in [5.41, 5.74) is 8.26. The zero-order chi connectivity index (χ0) is 6.85. The number of aryl methyl sites for hydroxylation is 1. The lowest BCUT2D eigenvalue weighted by Crippen LogP contribution is -2.04. The Morgan fingerprint density at radius 1 is 1.56 bits per heavy atom. The molecule has 1 aromatic rings. The van der Waals surface area contributed by atoms with Crippen molar-refractivity contribution in [2.24, 2.45) is 5.73 Å². The molecule has 0 fully saturated rings. The maximum Gasteiger partial charge on any atom is 0.0277 e. The maximum absolute atomic E-state index is 5.67. The molecule has 2 heteroatoms. The third-order valence-corrected chi connectivity index (χ3v) is 2.27. The van der Waals surface area contributed by atoms with Gasteiger partial charge in [-0.2, -0.15) is 11.3 Å². The van der Waals surface area contributed by atoms with Crippen LogP contribution in [0.1, 0.15) is 24.1 Å². The molecule has 0 saturated heterocycles. The van der Waals surface area contributed by atoms with E-state index < -0.39 is 0 Å². The molecule has 0 spiro atoms. The molecule has 0 amide bonds. The van der Waals surface area contributed by atoms with Crippen molar-refractivity contribution in [3.05, 3.63) is 21.9 Å². The molecule has 1 nitrogen and oxygen atoms in total. The molecule has 0 aliphatic rings. The van der Waals surface area contributed by atoms with Gasteiger partial charge in [0.2, 0.25) is 0 Å². The molecule has 0 saturated carbocycles. The van der Waals surface area contributed by atoms with Crippen LogP contribution in [-0.2, 0) is 0 Å². The molecular formula is C7H11NS. The van der Waals surface area contributed by atoms with Crippen molar-refractivity contribution in [2.75, 3.05) is 0 Å². The highest BCUT2D eigenvalue weighted by atomic mass is 32.1. The number of nitrogens with two attached hydrogens (primary N) is 1. The minimum Gasteiger partial charge on any atom is -0.324 e. The molecule has 1 rings (SSSR count). The van der Waals surface area contributed by atoms with Crippen LogP contribution >= 0.6 is 11.3 Å². The summed E-state index contributed by atoms with van der Waals surface area (Å²) in [5, 5.41) is 4.23. The van der Waals surface area contributed by atoms with Gasteiger partial charge in [-0.25, -0.2) is 0 Å². The van der Waals surface area contributed by atoms with E-state index in [4.69, 9.17) is 5.73 Å². The summed E-state index contributed by atoms with van der Waals surface area (Å²) in [6.45, 7) is 4.10. The Hall–Kier alpha value is -0.340. The Morgan fingerprint density at radius 2 is 2.22 bits per heavy atom. The van der Waals surface area contributed by atoms with Gasteiger partial charge >= 0.3 is 0 Å². The molecule has 1 unspecified atom stereocenters. The second-order valence-corrected chi connectivity index (χ2v) is 3.04. The van der Waals surface area contributed by atoms with E-state index in [0.717, 1.165) is 0 Å². The highest BCUT2D eigenvalue weighted by Gasteiger charge is 2.01. The third-order valence-electron chi connectivity index (χ3n) is 1.39. The smallest absolute Gasteiger partial charge is 0.0277 e. The van der Waals surface area contributed by atoms with Crippen molar-refractivity contribution >= 4 is 11.3 Å². The minimum absolute atomic E-state index is 0.191. The fraction of sp³-hybridized carbons (Fsp3) is 0.429. The van der Waals surface area contributed by atoms with Gasteiger partial charge in [-0.1, -0.05) is 0 Å². The Morgan fingerprint density at radius 3 is 2.44 bits per heavy atom. The second-order valence-electron chi connectivity index (χ2n) is 2.30. The summed E-state index contributed by atoms with van der Waals surface area (Å²) in [6.07, 6.45) is 0. The van der Waals surface area contributed by atoms with Gasteiger partial charge in [0, 0.05) is 6.04 Å². The monoisotopic (exact) mass is 141 g/mol. The summed E-state index contributed by atoms with van der Waals surface area (Å²) in [4.78, 5) is 0. The largest absolute Gasteiger partial charge is 0.324 e. The van der Waals surface area contributed by atoms with Crippen LogP contribution in [0.4, 0.5) is 0 Å². The lowest BCUT2D eigenvalue weighted by Gasteiger charge is -2.01. The first-order chi connectivity index (χ1) is 4.22. The summed E-state index contributed by atoms with van der Waals surface area (Å²) in [5.74, 6) is 0. The first-order valence-electron chi connectivity index (χ1n) is 3.00. The fourth-order valence-corrected chi connectivity index (χ4v) is 1.79. The number of hydrogen-bond donors (Lipinski definition) is 1. The molecule has 0 aliphatic heterocycles. The predicted octanol–water partition coefficient (Wildman–Crippen LogP) is 2.08. The SMILES string of the molecule is Cc1cscc1C(C)N. The molecule has 0 bridgehead atoms. The summed E-state index contributed by atoms with van der Waals surface area (Å²) >= 11 is 1.71. The van der Waals surface area contributed by atoms with Gasteiger partial charge < -0.3 is 5.73 Å². The second kappa shape index (κ2) is 2.50.